The molecule has 6 aromatic carbocycles. The van der Waals surface area contributed by atoms with Gasteiger partial charge in [-0.05, 0) is 70.6 Å². The van der Waals surface area contributed by atoms with Crippen molar-refractivity contribution in [1.29, 1.82) is 0 Å². The molecule has 3 aliphatic rings. The van der Waals surface area contributed by atoms with Crippen molar-refractivity contribution in [3.8, 4) is 17.6 Å². The van der Waals surface area contributed by atoms with E-state index in [1.165, 1.54) is 0 Å². The van der Waals surface area contributed by atoms with Gasteiger partial charge in [-0.1, -0.05) is 145 Å². The number of urea groups is 1. The van der Waals surface area contributed by atoms with Crippen molar-refractivity contribution in [2.75, 3.05) is 38.9 Å². The van der Waals surface area contributed by atoms with E-state index in [1.54, 1.807) is 79.7 Å². The Bertz CT molecular complexity index is 3140. The van der Waals surface area contributed by atoms with Gasteiger partial charge in [0.15, 0.2) is 5.92 Å². The number of aliphatic hydroxyl groups is 2. The van der Waals surface area contributed by atoms with Gasteiger partial charge in [0.05, 0.1) is 56.7 Å². The summed E-state index contributed by atoms with van der Waals surface area (Å²) in [7, 11) is 2.28. The molecule has 4 N–H and O–H groups in total. The van der Waals surface area contributed by atoms with E-state index >= 15 is 19.2 Å². The zero-order valence-electron chi connectivity index (χ0n) is 41.9. The molecular formula is C60H56N4O12. The fraction of sp³-hybridized carbons (Fsp3) is 0.267. The maximum absolute atomic E-state index is 16.8. The zero-order valence-corrected chi connectivity index (χ0v) is 41.9. The standard InChI is InChI=1S/C60H56N4O12/c1-37(39-18-8-4-9-19-39)62-59(72)63-47-32-27-38(17-16-26-45(55(68)73-2)56(69)74-3)35-46(47)60(58(63)71)49(54(67)61-36-48(66)40-20-10-5-11-21-40)51-57(70)76-52(42-24-14-7-15-25-42)50(41-22-12-6-13-23-41)64(51)53(60)43-28-30-44(31-29-43)75-34-33-65/h4-15,18-25,27-32,35,37,45,48-53,65-66H,26,33-34,36H2,1-3H3,(H,61,67)(H,62,72)/t37-,48+,49+,50+,51+,52-,53-,60+/m1/s1. The Balaban J connectivity index is 1.32. The van der Waals surface area contributed by atoms with Crippen LogP contribution in [0, 0.1) is 23.7 Å². The Morgan fingerprint density at radius 1 is 0.737 bits per heavy atom. The Morgan fingerprint density at radius 2 is 1.33 bits per heavy atom. The molecule has 0 radical (unpaired) electrons. The van der Waals surface area contributed by atoms with Crippen molar-refractivity contribution >= 4 is 41.4 Å². The minimum Gasteiger partial charge on any atom is -0.491 e. The minimum atomic E-state index is -2.20. The van der Waals surface area contributed by atoms with Gasteiger partial charge in [0.1, 0.15) is 29.9 Å². The van der Waals surface area contributed by atoms with Crippen LogP contribution in [0.4, 0.5) is 10.5 Å². The molecule has 0 saturated carbocycles. The van der Waals surface area contributed by atoms with E-state index in [2.05, 4.69) is 22.5 Å². The average molecular weight is 1030 g/mol. The highest BCUT2D eigenvalue weighted by Crippen LogP contribution is 2.66. The normalized spacial score (nSPS) is 21.3. The van der Waals surface area contributed by atoms with Crippen molar-refractivity contribution < 1.29 is 57.9 Å². The lowest BCUT2D eigenvalue weighted by Gasteiger charge is -2.46. The number of fused-ring (bicyclic) bond motifs is 3. The third kappa shape index (κ3) is 9.91. The highest BCUT2D eigenvalue weighted by Gasteiger charge is 2.75. The summed E-state index contributed by atoms with van der Waals surface area (Å²) in [6.45, 7) is 1.17. The fourth-order valence-corrected chi connectivity index (χ4v) is 10.9. The van der Waals surface area contributed by atoms with Crippen LogP contribution >= 0.6 is 0 Å². The Labute approximate surface area is 439 Å². The van der Waals surface area contributed by atoms with Crippen LogP contribution < -0.4 is 20.3 Å². The van der Waals surface area contributed by atoms with Crippen LogP contribution in [0.1, 0.15) is 82.6 Å². The first-order valence-electron chi connectivity index (χ1n) is 24.8. The molecule has 0 unspecified atom stereocenters. The molecule has 0 aliphatic carbocycles. The first kappa shape index (κ1) is 52.3. The number of nitrogens with zero attached hydrogens (tertiary/aromatic N) is 2. The number of carbonyl (C=O) groups is 6. The summed E-state index contributed by atoms with van der Waals surface area (Å²) < 4.78 is 22.1. The van der Waals surface area contributed by atoms with E-state index in [0.29, 0.717) is 28.0 Å². The number of hydrogen-bond acceptors (Lipinski definition) is 13. The lowest BCUT2D eigenvalue weighted by molar-refractivity contribution is -0.178. The van der Waals surface area contributed by atoms with Crippen molar-refractivity contribution in [2.24, 2.45) is 11.8 Å². The summed E-state index contributed by atoms with van der Waals surface area (Å²) >= 11 is 0. The molecule has 76 heavy (non-hydrogen) atoms. The van der Waals surface area contributed by atoms with E-state index in [9.17, 15) is 19.8 Å². The molecule has 16 heteroatoms. The molecule has 2 fully saturated rings. The number of morpholine rings is 1. The van der Waals surface area contributed by atoms with Gasteiger partial charge < -0.3 is 39.8 Å². The van der Waals surface area contributed by atoms with Gasteiger partial charge in [0.2, 0.25) is 11.8 Å². The van der Waals surface area contributed by atoms with Gasteiger partial charge in [0.25, 0.3) is 0 Å². The smallest absolute Gasteiger partial charge is 0.329 e. The first-order valence-corrected chi connectivity index (χ1v) is 24.8. The molecule has 8 atom stereocenters. The number of esters is 3. The second-order valence-corrected chi connectivity index (χ2v) is 18.6. The predicted octanol–water partition coefficient (Wildman–Crippen LogP) is 6.75. The third-order valence-corrected chi connectivity index (χ3v) is 14.3. The van der Waals surface area contributed by atoms with E-state index in [4.69, 9.17) is 18.9 Å². The molecule has 0 bridgehead atoms. The molecule has 16 nitrogen and oxygen atoms in total. The molecular weight excluding hydrogens is 969 g/mol. The number of imide groups is 1. The molecule has 2 saturated heterocycles. The number of carbonyl (C=O) groups excluding carboxylic acids is 6. The predicted molar refractivity (Wildman–Crippen MR) is 278 cm³/mol. The first-order chi connectivity index (χ1) is 36.9. The lowest BCUT2D eigenvalue weighted by atomic mass is 9.65. The summed E-state index contributed by atoms with van der Waals surface area (Å²) in [6.07, 6.45) is -2.53. The Kier molecular flexibility index (Phi) is 15.7. The van der Waals surface area contributed by atoms with E-state index in [0.717, 1.165) is 24.7 Å². The molecule has 9 rings (SSSR count). The number of aliphatic hydroxyl groups excluding tert-OH is 2. The van der Waals surface area contributed by atoms with E-state index in [-0.39, 0.29) is 43.0 Å². The van der Waals surface area contributed by atoms with Gasteiger partial charge in [0, 0.05) is 18.5 Å². The summed E-state index contributed by atoms with van der Waals surface area (Å²) in [5.74, 6) is -0.946. The molecule has 6 aromatic rings. The van der Waals surface area contributed by atoms with Crippen LogP contribution in [0.3, 0.4) is 0 Å². The summed E-state index contributed by atoms with van der Waals surface area (Å²) in [5.41, 5.74) is 1.32. The van der Waals surface area contributed by atoms with Gasteiger partial charge in [-0.2, -0.15) is 0 Å². The fourth-order valence-electron chi connectivity index (χ4n) is 10.9. The second kappa shape index (κ2) is 22.9. The number of nitrogens with one attached hydrogen (secondary N) is 2. The summed E-state index contributed by atoms with van der Waals surface area (Å²) in [5, 5.41) is 27.1. The molecule has 388 valence electrons. The molecule has 3 aliphatic heterocycles. The summed E-state index contributed by atoms with van der Waals surface area (Å²) in [6, 6.07) is 42.7. The number of anilines is 1. The molecule has 3 heterocycles. The van der Waals surface area contributed by atoms with Crippen LogP contribution in [0.25, 0.3) is 0 Å². The molecule has 1 spiro atoms. The van der Waals surface area contributed by atoms with Gasteiger partial charge in [-0.25, -0.2) is 9.69 Å². The van der Waals surface area contributed by atoms with Crippen LogP contribution in [0.15, 0.2) is 164 Å². The number of rotatable bonds is 15. The number of methoxy groups -OCH3 is 2. The van der Waals surface area contributed by atoms with E-state index in [1.807, 2.05) is 95.9 Å². The number of amides is 4. The maximum atomic E-state index is 16.8. The van der Waals surface area contributed by atoms with Gasteiger partial charge in [-0.3, -0.25) is 28.9 Å². The van der Waals surface area contributed by atoms with Crippen LogP contribution in [-0.4, -0.2) is 90.9 Å². The number of hydrogen-bond donors (Lipinski definition) is 4. The second-order valence-electron chi connectivity index (χ2n) is 18.6. The van der Waals surface area contributed by atoms with Crippen LogP contribution in [0.5, 0.6) is 5.75 Å². The Morgan fingerprint density at radius 3 is 1.93 bits per heavy atom. The van der Waals surface area contributed by atoms with Crippen molar-refractivity contribution in [1.82, 2.24) is 15.5 Å². The largest absolute Gasteiger partial charge is 0.491 e. The monoisotopic (exact) mass is 1020 g/mol. The van der Waals surface area contributed by atoms with Crippen molar-refractivity contribution in [2.45, 2.75) is 55.1 Å². The van der Waals surface area contributed by atoms with Gasteiger partial charge in [-0.15, -0.1) is 0 Å². The summed E-state index contributed by atoms with van der Waals surface area (Å²) in [4.78, 5) is 91.7. The lowest BCUT2D eigenvalue weighted by Crippen LogP contribution is -2.56. The Hall–Kier alpha value is -8.62. The van der Waals surface area contributed by atoms with Gasteiger partial charge >= 0.3 is 23.9 Å². The van der Waals surface area contributed by atoms with Crippen LogP contribution in [0.2, 0.25) is 0 Å². The van der Waals surface area contributed by atoms with E-state index < -0.39 is 89.4 Å². The maximum Gasteiger partial charge on any atom is 0.329 e. The molecule has 0 aromatic heterocycles. The highest BCUT2D eigenvalue weighted by atomic mass is 16.6. The average Bonchev–Trinajstić information content (AvgIpc) is 4.13. The minimum absolute atomic E-state index is 0.0141. The highest BCUT2D eigenvalue weighted by molar-refractivity contribution is 6.24. The number of ether oxygens (including phenoxy) is 4. The SMILES string of the molecule is COC(=O)C(CC#Cc1ccc2c(c1)[C@]1(C(=O)N2C(=O)N[C@H](C)c2ccccc2)[C@H](C(=O)NC[C@H](O)c2ccccc2)[C@H]2C(=O)O[C@H](c3ccccc3)[C@H](c3ccccc3)N2[C@@H]1c1ccc(OCCO)cc1)C(=O)OC. The van der Waals surface area contributed by atoms with Crippen LogP contribution in [-0.2, 0) is 43.6 Å². The quantitative estimate of drug-likeness (QED) is 0.0364. The molecule has 4 amide bonds. The van der Waals surface area contributed by atoms with Crippen molar-refractivity contribution in [3.63, 3.8) is 0 Å². The number of cyclic esters (lactones) is 1. The number of benzene rings is 6. The zero-order chi connectivity index (χ0) is 53.5. The third-order valence-electron chi connectivity index (χ3n) is 14.3. The topological polar surface area (TPSA) is 210 Å². The van der Waals surface area contributed by atoms with Crippen molar-refractivity contribution in [3.05, 3.63) is 203 Å².